The number of carbonyl (C=O) groups excluding carboxylic acids is 3. The number of esters is 1. The molecular weight excluding hydrogens is 476 g/mol. The van der Waals surface area contributed by atoms with Crippen LogP contribution in [0.1, 0.15) is 37.5 Å². The van der Waals surface area contributed by atoms with Gasteiger partial charge < -0.3 is 9.47 Å². The number of carbonyl (C=O) groups is 3. The first-order valence-corrected chi connectivity index (χ1v) is 11.2. The van der Waals surface area contributed by atoms with E-state index in [1.807, 2.05) is 38.1 Å². The monoisotopic (exact) mass is 502 g/mol. The Bertz CT molecular complexity index is 1030. The van der Waals surface area contributed by atoms with Crippen molar-refractivity contribution >= 4 is 39.5 Å². The number of hydrogen-bond acceptors (Lipinski definition) is 5. The third kappa shape index (κ3) is 4.96. The molecule has 0 unspecified atom stereocenters. The van der Waals surface area contributed by atoms with Crippen LogP contribution in [0.25, 0.3) is 0 Å². The van der Waals surface area contributed by atoms with Gasteiger partial charge in [-0.25, -0.2) is 9.59 Å². The molecule has 1 aliphatic heterocycles. The lowest BCUT2D eigenvalue weighted by molar-refractivity contribution is -0.158. The average molecular weight is 503 g/mol. The molecule has 0 spiro atoms. The van der Waals surface area contributed by atoms with Gasteiger partial charge in [-0.15, -0.1) is 0 Å². The Hall–Kier alpha value is -2.87. The standard InChI is InChI=1S/C24H27BrN2O5/c1-6-31-22(29)24(4,5)32-21-15(2)11-17(12-16(21)3)13-27-20(28)14-26(23(27)30)19-9-7-18(25)8-10-19/h7-12H,6,13-14H2,1-5H3. The van der Waals surface area contributed by atoms with Gasteiger partial charge in [-0.2, -0.15) is 0 Å². The summed E-state index contributed by atoms with van der Waals surface area (Å²) in [5.74, 6) is -0.108. The summed E-state index contributed by atoms with van der Waals surface area (Å²) < 4.78 is 12.0. The third-order valence-electron chi connectivity index (χ3n) is 5.18. The van der Waals surface area contributed by atoms with E-state index in [4.69, 9.17) is 9.47 Å². The number of imide groups is 1. The van der Waals surface area contributed by atoms with Crippen LogP contribution in [0, 0.1) is 13.8 Å². The molecule has 1 saturated heterocycles. The van der Waals surface area contributed by atoms with Gasteiger partial charge in [0.05, 0.1) is 13.2 Å². The van der Waals surface area contributed by atoms with Crippen LogP contribution in [-0.2, 0) is 20.9 Å². The summed E-state index contributed by atoms with van der Waals surface area (Å²) in [6.45, 7) is 9.26. The van der Waals surface area contributed by atoms with E-state index in [9.17, 15) is 14.4 Å². The smallest absolute Gasteiger partial charge is 0.349 e. The van der Waals surface area contributed by atoms with E-state index < -0.39 is 11.6 Å². The lowest BCUT2D eigenvalue weighted by atomic mass is 10.0. The fourth-order valence-corrected chi connectivity index (χ4v) is 3.86. The van der Waals surface area contributed by atoms with Crippen LogP contribution >= 0.6 is 15.9 Å². The van der Waals surface area contributed by atoms with Gasteiger partial charge in [-0.1, -0.05) is 28.1 Å². The van der Waals surface area contributed by atoms with Gasteiger partial charge in [-0.3, -0.25) is 14.6 Å². The number of hydrogen-bond donors (Lipinski definition) is 0. The SMILES string of the molecule is CCOC(=O)C(C)(C)Oc1c(C)cc(CN2C(=O)CN(c3ccc(Br)cc3)C2=O)cc1C. The predicted octanol–water partition coefficient (Wildman–Crippen LogP) is 4.76. The number of nitrogens with zero attached hydrogens (tertiary/aromatic N) is 2. The molecule has 0 bridgehead atoms. The first kappa shape index (κ1) is 23.8. The fraction of sp³-hybridized carbons (Fsp3) is 0.375. The minimum atomic E-state index is -1.14. The van der Waals surface area contributed by atoms with Gasteiger partial charge in [0.15, 0.2) is 5.60 Å². The number of aryl methyl sites for hydroxylation is 2. The Morgan fingerprint density at radius 2 is 1.69 bits per heavy atom. The second-order valence-corrected chi connectivity index (χ2v) is 9.13. The van der Waals surface area contributed by atoms with E-state index in [0.717, 1.165) is 21.2 Å². The molecule has 2 aromatic carbocycles. The van der Waals surface area contributed by atoms with Crippen LogP contribution in [0.4, 0.5) is 10.5 Å². The highest BCUT2D eigenvalue weighted by Crippen LogP contribution is 2.31. The minimum absolute atomic E-state index is 0.00730. The molecule has 3 rings (SSSR count). The van der Waals surface area contributed by atoms with Crippen molar-refractivity contribution in [3.8, 4) is 5.75 Å². The maximum absolute atomic E-state index is 12.9. The van der Waals surface area contributed by atoms with E-state index in [2.05, 4.69) is 15.9 Å². The third-order valence-corrected chi connectivity index (χ3v) is 5.71. The van der Waals surface area contributed by atoms with Crippen molar-refractivity contribution in [3.63, 3.8) is 0 Å². The Balaban J connectivity index is 1.78. The predicted molar refractivity (Wildman–Crippen MR) is 125 cm³/mol. The van der Waals surface area contributed by atoms with Crippen LogP contribution in [0.5, 0.6) is 5.75 Å². The van der Waals surface area contributed by atoms with Crippen molar-refractivity contribution in [1.29, 1.82) is 0 Å². The number of halogens is 1. The lowest BCUT2D eigenvalue weighted by Gasteiger charge is -2.26. The van der Waals surface area contributed by atoms with E-state index >= 15 is 0 Å². The molecule has 1 heterocycles. The zero-order valence-electron chi connectivity index (χ0n) is 18.9. The Kier molecular flexibility index (Phi) is 6.93. The molecule has 8 heteroatoms. The number of amides is 3. The number of ether oxygens (including phenoxy) is 2. The molecule has 32 heavy (non-hydrogen) atoms. The zero-order chi connectivity index (χ0) is 23.6. The van der Waals surface area contributed by atoms with Crippen LogP contribution in [0.2, 0.25) is 0 Å². The van der Waals surface area contributed by atoms with E-state index in [-0.39, 0.29) is 31.6 Å². The molecule has 0 aromatic heterocycles. The number of anilines is 1. The largest absolute Gasteiger partial charge is 0.476 e. The van der Waals surface area contributed by atoms with Crippen LogP contribution < -0.4 is 9.64 Å². The molecule has 7 nitrogen and oxygen atoms in total. The van der Waals surface area contributed by atoms with Crippen molar-refractivity contribution < 1.29 is 23.9 Å². The topological polar surface area (TPSA) is 76.2 Å². The van der Waals surface area contributed by atoms with E-state index in [1.165, 1.54) is 9.80 Å². The van der Waals surface area contributed by atoms with Gasteiger partial charge >= 0.3 is 12.0 Å². The summed E-state index contributed by atoms with van der Waals surface area (Å²) in [5, 5.41) is 0. The Labute approximate surface area is 196 Å². The van der Waals surface area contributed by atoms with Crippen molar-refractivity contribution in [3.05, 3.63) is 57.6 Å². The molecule has 170 valence electrons. The van der Waals surface area contributed by atoms with Gasteiger partial charge in [-0.05, 0) is 75.6 Å². The first-order valence-electron chi connectivity index (χ1n) is 10.4. The molecular formula is C24H27BrN2O5. The number of benzene rings is 2. The summed E-state index contributed by atoms with van der Waals surface area (Å²) in [4.78, 5) is 40.4. The van der Waals surface area contributed by atoms with Crippen LogP contribution in [0.15, 0.2) is 40.9 Å². The molecule has 0 atom stereocenters. The van der Waals surface area contributed by atoms with E-state index in [1.54, 1.807) is 32.9 Å². The Morgan fingerprint density at radius 3 is 2.25 bits per heavy atom. The highest BCUT2D eigenvalue weighted by molar-refractivity contribution is 9.10. The molecule has 0 radical (unpaired) electrons. The lowest BCUT2D eigenvalue weighted by Crippen LogP contribution is -2.40. The van der Waals surface area contributed by atoms with Gasteiger partial charge in [0, 0.05) is 10.2 Å². The maximum atomic E-state index is 12.9. The second-order valence-electron chi connectivity index (χ2n) is 8.22. The second kappa shape index (κ2) is 9.32. The molecule has 1 aliphatic rings. The van der Waals surface area contributed by atoms with Crippen molar-refractivity contribution in [2.75, 3.05) is 18.1 Å². The first-order chi connectivity index (χ1) is 15.0. The molecule has 3 amide bonds. The quantitative estimate of drug-likeness (QED) is 0.403. The minimum Gasteiger partial charge on any atom is -0.476 e. The van der Waals surface area contributed by atoms with Gasteiger partial charge in [0.1, 0.15) is 12.3 Å². The maximum Gasteiger partial charge on any atom is 0.349 e. The summed E-state index contributed by atoms with van der Waals surface area (Å²) in [5.41, 5.74) is 1.95. The number of urea groups is 1. The highest BCUT2D eigenvalue weighted by atomic mass is 79.9. The zero-order valence-corrected chi connectivity index (χ0v) is 20.5. The number of rotatable bonds is 7. The fourth-order valence-electron chi connectivity index (χ4n) is 3.60. The Morgan fingerprint density at radius 1 is 1.09 bits per heavy atom. The van der Waals surface area contributed by atoms with Gasteiger partial charge in [0.25, 0.3) is 5.91 Å². The summed E-state index contributed by atoms with van der Waals surface area (Å²) in [6.07, 6.45) is 0. The highest BCUT2D eigenvalue weighted by Gasteiger charge is 2.37. The molecule has 2 aromatic rings. The summed E-state index contributed by atoms with van der Waals surface area (Å²) >= 11 is 3.37. The molecule has 0 saturated carbocycles. The van der Waals surface area contributed by atoms with Crippen molar-refractivity contribution in [1.82, 2.24) is 4.90 Å². The average Bonchev–Trinajstić information content (AvgIpc) is 3.00. The van der Waals surface area contributed by atoms with Crippen molar-refractivity contribution in [2.45, 2.75) is 46.8 Å². The molecule has 1 fully saturated rings. The van der Waals surface area contributed by atoms with E-state index in [0.29, 0.717) is 11.4 Å². The normalized spacial score (nSPS) is 14.2. The van der Waals surface area contributed by atoms with Crippen LogP contribution in [-0.4, -0.2) is 41.6 Å². The van der Waals surface area contributed by atoms with Gasteiger partial charge in [0.2, 0.25) is 0 Å². The summed E-state index contributed by atoms with van der Waals surface area (Å²) in [7, 11) is 0. The van der Waals surface area contributed by atoms with Crippen LogP contribution in [0.3, 0.4) is 0 Å². The molecule has 0 N–H and O–H groups in total. The molecule has 0 aliphatic carbocycles. The van der Waals surface area contributed by atoms with Crippen molar-refractivity contribution in [2.24, 2.45) is 0 Å². The summed E-state index contributed by atoms with van der Waals surface area (Å²) in [6, 6.07) is 10.6.